The van der Waals surface area contributed by atoms with Crippen LogP contribution in [0.3, 0.4) is 0 Å². The Balaban J connectivity index is 0.000000171. The maximum Gasteiger partial charge on any atom is 0.192 e. The maximum atomic E-state index is 9.39. The highest BCUT2D eigenvalue weighted by Crippen LogP contribution is 2.40. The number of benzene rings is 3. The zero-order valence-electron chi connectivity index (χ0n) is 31.5. The van der Waals surface area contributed by atoms with Crippen LogP contribution in [0.4, 0.5) is 0 Å². The molecule has 0 bridgehead atoms. The van der Waals surface area contributed by atoms with Gasteiger partial charge >= 0.3 is 0 Å². The second-order valence-corrected chi connectivity index (χ2v) is 21.7. The van der Waals surface area contributed by atoms with Crippen molar-refractivity contribution >= 4 is 8.32 Å². The van der Waals surface area contributed by atoms with Crippen LogP contribution in [0.25, 0.3) is 0 Å². The van der Waals surface area contributed by atoms with E-state index in [9.17, 15) is 10.2 Å². The van der Waals surface area contributed by atoms with Crippen molar-refractivity contribution < 1.29 is 14.6 Å². The number of aliphatic hydroxyl groups excluding tert-OH is 2. The van der Waals surface area contributed by atoms with Gasteiger partial charge in [0.1, 0.15) is 0 Å². The molecule has 3 aromatic carbocycles. The summed E-state index contributed by atoms with van der Waals surface area (Å²) in [4.78, 5) is 0. The number of hydrogen-bond acceptors (Lipinski definition) is 3. The monoisotopic (exact) mass is 684 g/mol. The lowest BCUT2D eigenvalue weighted by Crippen LogP contribution is -2.44. The van der Waals surface area contributed by atoms with Gasteiger partial charge in [0.2, 0.25) is 0 Å². The molecule has 3 nitrogen and oxygen atoms in total. The summed E-state index contributed by atoms with van der Waals surface area (Å²) in [5, 5.41) is 19.1. The zero-order chi connectivity index (χ0) is 35.1. The Morgan fingerprint density at radius 1 is 0.490 bits per heavy atom. The fourth-order valence-electron chi connectivity index (χ4n) is 7.59. The summed E-state index contributed by atoms with van der Waals surface area (Å²) in [6.07, 6.45) is 18.0. The summed E-state index contributed by atoms with van der Waals surface area (Å²) in [6.45, 7) is 11.8. The van der Waals surface area contributed by atoms with Gasteiger partial charge in [-0.15, -0.1) is 0 Å². The van der Waals surface area contributed by atoms with Crippen molar-refractivity contribution in [3.63, 3.8) is 0 Å². The second-order valence-electron chi connectivity index (χ2n) is 16.9. The van der Waals surface area contributed by atoms with E-state index in [1.165, 1.54) is 87.3 Å². The molecule has 0 radical (unpaired) electrons. The van der Waals surface area contributed by atoms with Gasteiger partial charge in [0.05, 0.1) is 12.2 Å². The predicted octanol–water partition coefficient (Wildman–Crippen LogP) is 11.4. The third-order valence-electron chi connectivity index (χ3n) is 11.8. The van der Waals surface area contributed by atoms with Crippen molar-refractivity contribution in [3.8, 4) is 0 Å². The molecule has 4 heteroatoms. The summed E-state index contributed by atoms with van der Waals surface area (Å²) in [5.74, 6) is 2.44. The molecule has 3 fully saturated rings. The molecule has 49 heavy (non-hydrogen) atoms. The average molecular weight is 685 g/mol. The van der Waals surface area contributed by atoms with Crippen LogP contribution in [0.1, 0.15) is 115 Å². The lowest BCUT2D eigenvalue weighted by atomic mass is 9.83. The summed E-state index contributed by atoms with van der Waals surface area (Å²) < 4.78 is 6.58. The van der Waals surface area contributed by atoms with E-state index in [-0.39, 0.29) is 12.2 Å². The molecule has 0 aromatic heterocycles. The summed E-state index contributed by atoms with van der Waals surface area (Å²) in [6, 6.07) is 32.3. The van der Waals surface area contributed by atoms with Gasteiger partial charge in [0.15, 0.2) is 8.32 Å². The molecule has 0 saturated heterocycles. The number of aliphatic hydroxyl groups is 2. The van der Waals surface area contributed by atoms with E-state index in [4.69, 9.17) is 4.43 Å². The van der Waals surface area contributed by atoms with Crippen LogP contribution in [0.2, 0.25) is 18.1 Å². The molecule has 0 atom stereocenters. The minimum Gasteiger partial charge on any atom is -0.414 e. The molecule has 3 aliphatic carbocycles. The lowest BCUT2D eigenvalue weighted by Gasteiger charge is -2.41. The van der Waals surface area contributed by atoms with Gasteiger partial charge < -0.3 is 14.6 Å². The van der Waals surface area contributed by atoms with Gasteiger partial charge in [-0.25, -0.2) is 0 Å². The van der Waals surface area contributed by atoms with Gasteiger partial charge in [0, 0.05) is 6.10 Å². The van der Waals surface area contributed by atoms with Gasteiger partial charge in [-0.05, 0) is 149 Å². The van der Waals surface area contributed by atoms with E-state index < -0.39 is 8.32 Å². The van der Waals surface area contributed by atoms with Crippen LogP contribution in [0, 0.1) is 17.8 Å². The number of hydrogen-bond donors (Lipinski definition) is 2. The Bertz CT molecular complexity index is 1210. The van der Waals surface area contributed by atoms with Crippen LogP contribution in [0.5, 0.6) is 0 Å². The van der Waals surface area contributed by atoms with Crippen molar-refractivity contribution in [1.29, 1.82) is 0 Å². The fraction of sp³-hybridized carbons (Fsp3) is 0.600. The molecule has 2 N–H and O–H groups in total. The molecule has 3 aromatic rings. The van der Waals surface area contributed by atoms with Crippen LogP contribution >= 0.6 is 0 Å². The fourth-order valence-corrected chi connectivity index (χ4v) is 9.01. The largest absolute Gasteiger partial charge is 0.414 e. The Morgan fingerprint density at radius 3 is 1.06 bits per heavy atom. The molecule has 0 amide bonds. The van der Waals surface area contributed by atoms with Crippen LogP contribution in [0.15, 0.2) is 91.0 Å². The van der Waals surface area contributed by atoms with Gasteiger partial charge in [-0.3, -0.25) is 0 Å². The first-order valence-corrected chi connectivity index (χ1v) is 22.5. The second kappa shape index (κ2) is 20.0. The molecular formula is C45H68O3Si. The first kappa shape index (κ1) is 39.5. The topological polar surface area (TPSA) is 49.7 Å². The van der Waals surface area contributed by atoms with Crippen molar-refractivity contribution in [3.05, 3.63) is 108 Å². The molecule has 0 aliphatic heterocycles. The van der Waals surface area contributed by atoms with Crippen molar-refractivity contribution in [2.75, 3.05) is 0 Å². The zero-order valence-corrected chi connectivity index (χ0v) is 32.5. The highest BCUT2D eigenvalue weighted by Gasteiger charge is 2.39. The smallest absolute Gasteiger partial charge is 0.192 e. The minimum absolute atomic E-state index is 0.0259. The van der Waals surface area contributed by atoms with Gasteiger partial charge in [-0.1, -0.05) is 112 Å². The minimum atomic E-state index is -1.59. The Kier molecular flexibility index (Phi) is 16.1. The standard InChI is InChI=1S/C19H32OSi.2C13H18O/c1-19(2,3)21(4,5)20-18-13-11-17(12-14-18)15-16-9-7-6-8-10-16;2*14-13-8-6-12(7-9-13)10-11-4-2-1-3-5-11/h6-10,17-18H,11-15H2,1-5H3;2*1-5,12-14H,6-10H2. The maximum absolute atomic E-state index is 9.39. The van der Waals surface area contributed by atoms with Crippen LogP contribution in [-0.2, 0) is 23.7 Å². The Morgan fingerprint density at radius 2 is 0.776 bits per heavy atom. The first-order chi connectivity index (χ1) is 23.5. The van der Waals surface area contributed by atoms with Crippen LogP contribution < -0.4 is 0 Å². The summed E-state index contributed by atoms with van der Waals surface area (Å²) >= 11 is 0. The molecule has 3 saturated carbocycles. The van der Waals surface area contributed by atoms with E-state index in [1.807, 2.05) is 0 Å². The van der Waals surface area contributed by atoms with Gasteiger partial charge in [-0.2, -0.15) is 0 Å². The summed E-state index contributed by atoms with van der Waals surface area (Å²) in [5.41, 5.74) is 4.37. The van der Waals surface area contributed by atoms with Gasteiger partial charge in [0.25, 0.3) is 0 Å². The molecule has 0 heterocycles. The average Bonchev–Trinajstić information content (AvgIpc) is 3.09. The molecular weight excluding hydrogens is 617 g/mol. The summed E-state index contributed by atoms with van der Waals surface area (Å²) in [7, 11) is -1.59. The highest BCUT2D eigenvalue weighted by atomic mass is 28.4. The van der Waals surface area contributed by atoms with E-state index >= 15 is 0 Å². The van der Waals surface area contributed by atoms with Crippen molar-refractivity contribution in [2.45, 2.75) is 154 Å². The highest BCUT2D eigenvalue weighted by molar-refractivity contribution is 6.74. The molecule has 3 aliphatic rings. The van der Waals surface area contributed by atoms with E-state index in [0.717, 1.165) is 43.4 Å². The lowest BCUT2D eigenvalue weighted by molar-refractivity contribution is 0.108. The number of rotatable bonds is 8. The third-order valence-corrected chi connectivity index (χ3v) is 16.3. The molecule has 6 rings (SSSR count). The van der Waals surface area contributed by atoms with Crippen molar-refractivity contribution in [2.24, 2.45) is 17.8 Å². The predicted molar refractivity (Wildman–Crippen MR) is 210 cm³/mol. The SMILES string of the molecule is CC(C)(C)[Si](C)(C)OC1CCC(Cc2ccccc2)CC1.OC1CCC(Cc2ccccc2)CC1.OC1CCC(Cc2ccccc2)CC1. The van der Waals surface area contributed by atoms with E-state index in [0.29, 0.717) is 11.1 Å². The quantitative estimate of drug-likeness (QED) is 0.232. The third kappa shape index (κ3) is 14.5. The van der Waals surface area contributed by atoms with E-state index in [1.54, 1.807) is 0 Å². The normalized spacial score (nSPS) is 26.0. The van der Waals surface area contributed by atoms with Crippen LogP contribution in [-0.4, -0.2) is 36.8 Å². The van der Waals surface area contributed by atoms with E-state index in [2.05, 4.69) is 125 Å². The molecule has 0 spiro atoms. The first-order valence-electron chi connectivity index (χ1n) is 19.6. The molecule has 0 unspecified atom stereocenters. The Labute approximate surface area is 301 Å². The van der Waals surface area contributed by atoms with Crippen molar-refractivity contribution in [1.82, 2.24) is 0 Å². The molecule has 270 valence electrons. The Hall–Kier alpha value is -2.24.